The first-order chi connectivity index (χ1) is 16.9. The van der Waals surface area contributed by atoms with Gasteiger partial charge in [0.2, 0.25) is 5.91 Å². The fraction of sp³-hybridized carbons (Fsp3) is 0.296. The summed E-state index contributed by atoms with van der Waals surface area (Å²) in [5.41, 5.74) is 5.34. The van der Waals surface area contributed by atoms with Crippen LogP contribution in [0.3, 0.4) is 0 Å². The van der Waals surface area contributed by atoms with Gasteiger partial charge in [-0.25, -0.2) is 4.98 Å². The number of hydrogen-bond donors (Lipinski definition) is 1. The van der Waals surface area contributed by atoms with E-state index in [0.29, 0.717) is 5.02 Å². The lowest BCUT2D eigenvalue weighted by Crippen LogP contribution is -2.39. The van der Waals surface area contributed by atoms with Gasteiger partial charge < -0.3 is 15.0 Å². The molecule has 7 nitrogen and oxygen atoms in total. The molecule has 1 N–H and O–H groups in total. The molecule has 0 atom stereocenters. The van der Waals surface area contributed by atoms with Crippen LogP contribution in [-0.4, -0.2) is 40.7 Å². The summed E-state index contributed by atoms with van der Waals surface area (Å²) in [6.45, 7) is 5.48. The molecule has 2 aromatic carbocycles. The summed E-state index contributed by atoms with van der Waals surface area (Å²) in [5.74, 6) is 1.81. The summed E-state index contributed by atoms with van der Waals surface area (Å²) in [5, 5.41) is 8.54. The van der Waals surface area contributed by atoms with Gasteiger partial charge in [0.05, 0.1) is 12.8 Å². The number of methoxy groups -OCH3 is 1. The molecule has 0 bridgehead atoms. The minimum absolute atomic E-state index is 0.0431. The molecule has 0 spiro atoms. The van der Waals surface area contributed by atoms with E-state index in [1.165, 1.54) is 0 Å². The Morgan fingerprint density at radius 3 is 2.49 bits per heavy atom. The van der Waals surface area contributed by atoms with Crippen molar-refractivity contribution in [2.75, 3.05) is 30.4 Å². The smallest absolute Gasteiger partial charge is 0.227 e. The van der Waals surface area contributed by atoms with Gasteiger partial charge in [0, 0.05) is 53.1 Å². The number of halogens is 1. The van der Waals surface area contributed by atoms with E-state index in [0.717, 1.165) is 71.3 Å². The number of nitrogens with one attached hydrogen (secondary N) is 1. The van der Waals surface area contributed by atoms with Crippen LogP contribution < -0.4 is 15.0 Å². The van der Waals surface area contributed by atoms with E-state index < -0.39 is 0 Å². The van der Waals surface area contributed by atoms with Gasteiger partial charge in [-0.05, 0) is 68.7 Å². The first-order valence-corrected chi connectivity index (χ1v) is 12.1. The predicted octanol–water partition coefficient (Wildman–Crippen LogP) is 5.53. The Kier molecular flexibility index (Phi) is 6.34. The zero-order chi connectivity index (χ0) is 24.5. The van der Waals surface area contributed by atoms with Gasteiger partial charge in [-0.15, -0.1) is 0 Å². The van der Waals surface area contributed by atoms with Crippen molar-refractivity contribution in [3.05, 3.63) is 70.9 Å². The first-order valence-electron chi connectivity index (χ1n) is 11.7. The number of aromatic nitrogens is 3. The van der Waals surface area contributed by atoms with Gasteiger partial charge in [0.1, 0.15) is 11.6 Å². The topological polar surface area (TPSA) is 71.8 Å². The summed E-state index contributed by atoms with van der Waals surface area (Å²) < 4.78 is 7.17. The second-order valence-electron chi connectivity index (χ2n) is 9.00. The zero-order valence-corrected chi connectivity index (χ0v) is 20.8. The number of ether oxygens (including phenoxy) is 1. The minimum atomic E-state index is -0.0442. The summed E-state index contributed by atoms with van der Waals surface area (Å²) in [7, 11) is 1.66. The highest BCUT2D eigenvalue weighted by Gasteiger charge is 2.27. The molecule has 1 aliphatic heterocycles. The van der Waals surface area contributed by atoms with Crippen molar-refractivity contribution in [1.29, 1.82) is 0 Å². The Balaban J connectivity index is 1.32. The molecule has 0 saturated carbocycles. The average molecular weight is 490 g/mol. The van der Waals surface area contributed by atoms with E-state index in [2.05, 4.69) is 21.3 Å². The van der Waals surface area contributed by atoms with E-state index >= 15 is 0 Å². The highest BCUT2D eigenvalue weighted by molar-refractivity contribution is 6.31. The Morgan fingerprint density at radius 2 is 1.80 bits per heavy atom. The molecule has 35 heavy (non-hydrogen) atoms. The maximum atomic E-state index is 12.9. The number of carbonyl (C=O) groups is 1. The molecule has 4 aromatic rings. The molecule has 0 unspecified atom stereocenters. The van der Waals surface area contributed by atoms with Crippen molar-refractivity contribution in [2.45, 2.75) is 26.7 Å². The van der Waals surface area contributed by atoms with Crippen molar-refractivity contribution < 1.29 is 9.53 Å². The van der Waals surface area contributed by atoms with Crippen molar-refractivity contribution in [1.82, 2.24) is 14.6 Å². The van der Waals surface area contributed by atoms with Gasteiger partial charge in [-0.3, -0.25) is 4.79 Å². The number of hydrogen-bond acceptors (Lipinski definition) is 5. The van der Waals surface area contributed by atoms with E-state index in [-0.39, 0.29) is 11.8 Å². The van der Waals surface area contributed by atoms with Crippen LogP contribution in [0.5, 0.6) is 5.75 Å². The third-order valence-electron chi connectivity index (χ3n) is 6.55. The minimum Gasteiger partial charge on any atom is -0.497 e. The maximum absolute atomic E-state index is 12.9. The molecule has 1 fully saturated rings. The molecule has 1 aliphatic rings. The Labute approximate surface area is 209 Å². The monoisotopic (exact) mass is 489 g/mol. The van der Waals surface area contributed by atoms with Gasteiger partial charge in [0.25, 0.3) is 0 Å². The molecule has 5 rings (SSSR count). The van der Waals surface area contributed by atoms with Gasteiger partial charge >= 0.3 is 0 Å². The lowest BCUT2D eigenvalue weighted by Gasteiger charge is -2.33. The normalized spacial score (nSPS) is 14.3. The molecule has 1 amide bonds. The van der Waals surface area contributed by atoms with Crippen molar-refractivity contribution >= 4 is 34.7 Å². The highest BCUT2D eigenvalue weighted by Crippen LogP contribution is 2.29. The van der Waals surface area contributed by atoms with Crippen molar-refractivity contribution in [3.8, 4) is 17.0 Å². The molecule has 0 radical (unpaired) electrons. The van der Waals surface area contributed by atoms with Crippen LogP contribution in [0.25, 0.3) is 16.9 Å². The van der Waals surface area contributed by atoms with Crippen LogP contribution >= 0.6 is 11.6 Å². The SMILES string of the molecule is COc1ccc(-c2cc3nc(C)cc(N4CCC(C(=O)Nc5ccc(C)c(Cl)c5)CC4)n3n2)cc1. The third kappa shape index (κ3) is 4.82. The standard InChI is InChI=1S/C27H28ClN5O2/c1-17-4-7-21(15-23(17)28)30-27(34)20-10-12-32(13-11-20)26-14-18(2)29-25-16-24(31-33(25)26)19-5-8-22(35-3)9-6-19/h4-9,14-16,20H,10-13H2,1-3H3,(H,30,34). The largest absolute Gasteiger partial charge is 0.497 e. The third-order valence-corrected chi connectivity index (χ3v) is 6.96. The van der Waals surface area contributed by atoms with E-state index in [4.69, 9.17) is 21.4 Å². The fourth-order valence-electron chi connectivity index (χ4n) is 4.49. The average Bonchev–Trinajstić information content (AvgIpc) is 3.30. The molecule has 2 aromatic heterocycles. The predicted molar refractivity (Wildman–Crippen MR) is 139 cm³/mol. The van der Waals surface area contributed by atoms with Crippen molar-refractivity contribution in [3.63, 3.8) is 0 Å². The molecule has 3 heterocycles. The summed E-state index contributed by atoms with van der Waals surface area (Å²) in [6, 6.07) is 17.5. The Hall–Kier alpha value is -3.58. The van der Waals surface area contributed by atoms with Crippen molar-refractivity contribution in [2.24, 2.45) is 5.92 Å². The van der Waals surface area contributed by atoms with Crippen LogP contribution in [0.15, 0.2) is 54.6 Å². The number of carbonyl (C=O) groups excluding carboxylic acids is 1. The lowest BCUT2D eigenvalue weighted by atomic mass is 9.95. The van der Waals surface area contributed by atoms with E-state index in [1.54, 1.807) is 13.2 Å². The lowest BCUT2D eigenvalue weighted by molar-refractivity contribution is -0.120. The van der Waals surface area contributed by atoms with Crippen LogP contribution in [0.4, 0.5) is 11.5 Å². The molecular weight excluding hydrogens is 462 g/mol. The number of piperidine rings is 1. The summed E-state index contributed by atoms with van der Waals surface area (Å²) >= 11 is 6.21. The number of nitrogens with zero attached hydrogens (tertiary/aromatic N) is 4. The number of anilines is 2. The fourth-order valence-corrected chi connectivity index (χ4v) is 4.67. The number of aryl methyl sites for hydroxylation is 2. The quantitative estimate of drug-likeness (QED) is 0.399. The number of benzene rings is 2. The number of fused-ring (bicyclic) bond motifs is 1. The van der Waals surface area contributed by atoms with Crippen LogP contribution in [0.1, 0.15) is 24.1 Å². The second kappa shape index (κ2) is 9.58. The zero-order valence-electron chi connectivity index (χ0n) is 20.1. The second-order valence-corrected chi connectivity index (χ2v) is 9.41. The number of rotatable bonds is 5. The molecule has 0 aliphatic carbocycles. The van der Waals surface area contributed by atoms with E-state index in [1.807, 2.05) is 60.8 Å². The first kappa shape index (κ1) is 23.2. The summed E-state index contributed by atoms with van der Waals surface area (Å²) in [4.78, 5) is 19.8. The van der Waals surface area contributed by atoms with Crippen LogP contribution in [0, 0.1) is 19.8 Å². The Bertz CT molecular complexity index is 1370. The van der Waals surface area contributed by atoms with Gasteiger partial charge in [0.15, 0.2) is 5.65 Å². The van der Waals surface area contributed by atoms with Crippen LogP contribution in [-0.2, 0) is 4.79 Å². The number of amides is 1. The molecule has 8 heteroatoms. The van der Waals surface area contributed by atoms with Gasteiger partial charge in [-0.2, -0.15) is 9.61 Å². The van der Waals surface area contributed by atoms with Gasteiger partial charge in [-0.1, -0.05) is 17.7 Å². The Morgan fingerprint density at radius 1 is 1.06 bits per heavy atom. The molecule has 180 valence electrons. The molecule has 1 saturated heterocycles. The van der Waals surface area contributed by atoms with E-state index in [9.17, 15) is 4.79 Å². The summed E-state index contributed by atoms with van der Waals surface area (Å²) in [6.07, 6.45) is 1.53. The highest BCUT2D eigenvalue weighted by atomic mass is 35.5. The van der Waals surface area contributed by atoms with Crippen LogP contribution in [0.2, 0.25) is 5.02 Å². The maximum Gasteiger partial charge on any atom is 0.227 e. The molecular formula is C27H28ClN5O2.